The number of piperidine rings is 1. The lowest BCUT2D eigenvalue weighted by atomic mass is 9.96. The largest absolute Gasteiger partial charge is 0.389 e. The predicted molar refractivity (Wildman–Crippen MR) is 79.1 cm³/mol. The molecule has 1 fully saturated rings. The normalized spacial score (nSPS) is 16.6. The molecule has 5 heteroatoms. The summed E-state index contributed by atoms with van der Waals surface area (Å²) in [5.41, 5.74) is 6.81. The van der Waals surface area contributed by atoms with Crippen molar-refractivity contribution < 1.29 is 9.13 Å². The molecule has 19 heavy (non-hydrogen) atoms. The smallest absolute Gasteiger partial charge is 0.135 e. The summed E-state index contributed by atoms with van der Waals surface area (Å²) >= 11 is 4.96. The van der Waals surface area contributed by atoms with Crippen LogP contribution >= 0.6 is 12.2 Å². The molecular weight excluding hydrogens is 263 g/mol. The van der Waals surface area contributed by atoms with Crippen molar-refractivity contribution in [3.05, 3.63) is 29.6 Å². The highest BCUT2D eigenvalue weighted by atomic mass is 32.1. The number of anilines is 1. The Morgan fingerprint density at radius 2 is 2.16 bits per heavy atom. The van der Waals surface area contributed by atoms with Crippen LogP contribution in [0, 0.1) is 11.7 Å². The van der Waals surface area contributed by atoms with Gasteiger partial charge in [0.2, 0.25) is 0 Å². The number of methoxy groups -OCH3 is 1. The number of halogens is 1. The number of nitrogens with zero attached hydrogens (tertiary/aromatic N) is 1. The zero-order chi connectivity index (χ0) is 13.8. The lowest BCUT2D eigenvalue weighted by Crippen LogP contribution is -2.36. The lowest BCUT2D eigenvalue weighted by Gasteiger charge is -2.34. The van der Waals surface area contributed by atoms with E-state index in [1.165, 1.54) is 6.07 Å². The van der Waals surface area contributed by atoms with Crippen molar-refractivity contribution in [2.24, 2.45) is 11.7 Å². The SMILES string of the molecule is COCC1CCN(c2cccc(F)c2C(N)=S)CC1. The predicted octanol–water partition coefficient (Wildman–Crippen LogP) is 2.32. The third kappa shape index (κ3) is 3.22. The molecule has 0 spiro atoms. The van der Waals surface area contributed by atoms with Gasteiger partial charge < -0.3 is 15.4 Å². The number of hydrogen-bond acceptors (Lipinski definition) is 3. The summed E-state index contributed by atoms with van der Waals surface area (Å²) in [6.07, 6.45) is 2.09. The number of rotatable bonds is 4. The minimum absolute atomic E-state index is 0.118. The van der Waals surface area contributed by atoms with Gasteiger partial charge in [-0.1, -0.05) is 18.3 Å². The van der Waals surface area contributed by atoms with Gasteiger partial charge in [0.15, 0.2) is 0 Å². The third-order valence-electron chi connectivity index (χ3n) is 3.60. The summed E-state index contributed by atoms with van der Waals surface area (Å²) in [6.45, 7) is 2.55. The lowest BCUT2D eigenvalue weighted by molar-refractivity contribution is 0.139. The molecular formula is C14H19FN2OS. The van der Waals surface area contributed by atoms with E-state index in [0.717, 1.165) is 38.2 Å². The minimum atomic E-state index is -0.344. The molecule has 1 aliphatic heterocycles. The second-order valence-corrected chi connectivity index (χ2v) is 5.32. The van der Waals surface area contributed by atoms with E-state index in [1.54, 1.807) is 13.2 Å². The van der Waals surface area contributed by atoms with Gasteiger partial charge in [0.05, 0.1) is 5.56 Å². The molecule has 0 saturated carbocycles. The monoisotopic (exact) mass is 282 g/mol. The topological polar surface area (TPSA) is 38.5 Å². The molecule has 3 nitrogen and oxygen atoms in total. The van der Waals surface area contributed by atoms with E-state index in [-0.39, 0.29) is 10.8 Å². The number of hydrogen-bond donors (Lipinski definition) is 1. The Labute approximate surface area is 118 Å². The minimum Gasteiger partial charge on any atom is -0.389 e. The molecule has 104 valence electrons. The summed E-state index contributed by atoms with van der Waals surface area (Å²) < 4.78 is 19.0. The molecule has 2 N–H and O–H groups in total. The second kappa shape index (κ2) is 6.30. The molecule has 0 aliphatic carbocycles. The van der Waals surface area contributed by atoms with Crippen molar-refractivity contribution in [2.75, 3.05) is 31.7 Å². The average Bonchev–Trinajstić information content (AvgIpc) is 2.39. The molecule has 1 saturated heterocycles. The first-order valence-electron chi connectivity index (χ1n) is 6.45. The first-order valence-corrected chi connectivity index (χ1v) is 6.86. The van der Waals surface area contributed by atoms with Crippen LogP contribution < -0.4 is 10.6 Å². The fourth-order valence-corrected chi connectivity index (χ4v) is 2.80. The van der Waals surface area contributed by atoms with Crippen LogP contribution in [0.4, 0.5) is 10.1 Å². The molecule has 1 aromatic rings. The Morgan fingerprint density at radius 3 is 2.74 bits per heavy atom. The molecule has 0 radical (unpaired) electrons. The summed E-state index contributed by atoms with van der Waals surface area (Å²) in [4.78, 5) is 2.27. The van der Waals surface area contributed by atoms with Crippen LogP contribution in [0.25, 0.3) is 0 Å². The highest BCUT2D eigenvalue weighted by Gasteiger charge is 2.22. The van der Waals surface area contributed by atoms with Crippen LogP contribution in [0.2, 0.25) is 0 Å². The summed E-state index contributed by atoms with van der Waals surface area (Å²) in [5, 5.41) is 0. The van der Waals surface area contributed by atoms with Crippen molar-refractivity contribution in [2.45, 2.75) is 12.8 Å². The van der Waals surface area contributed by atoms with Crippen LogP contribution in [0.5, 0.6) is 0 Å². The van der Waals surface area contributed by atoms with E-state index in [1.807, 2.05) is 6.07 Å². The average molecular weight is 282 g/mol. The summed E-state index contributed by atoms with van der Waals surface area (Å²) in [6, 6.07) is 4.98. The molecule has 1 aromatic carbocycles. The van der Waals surface area contributed by atoms with Crippen LogP contribution in [-0.4, -0.2) is 31.8 Å². The molecule has 0 unspecified atom stereocenters. The van der Waals surface area contributed by atoms with E-state index in [4.69, 9.17) is 22.7 Å². The van der Waals surface area contributed by atoms with Gasteiger partial charge >= 0.3 is 0 Å². The van der Waals surface area contributed by atoms with E-state index in [0.29, 0.717) is 11.5 Å². The summed E-state index contributed by atoms with van der Waals surface area (Å²) in [5.74, 6) is 0.243. The van der Waals surface area contributed by atoms with Crippen molar-refractivity contribution in [3.8, 4) is 0 Å². The number of thiocarbonyl (C=S) groups is 1. The Hall–Kier alpha value is -1.20. The van der Waals surface area contributed by atoms with E-state index in [9.17, 15) is 4.39 Å². The van der Waals surface area contributed by atoms with Gasteiger partial charge in [0, 0.05) is 32.5 Å². The number of ether oxygens (including phenoxy) is 1. The Morgan fingerprint density at radius 1 is 1.47 bits per heavy atom. The molecule has 0 aromatic heterocycles. The maximum Gasteiger partial charge on any atom is 0.135 e. The van der Waals surface area contributed by atoms with Crippen molar-refractivity contribution >= 4 is 22.9 Å². The highest BCUT2D eigenvalue weighted by molar-refractivity contribution is 7.80. The van der Waals surface area contributed by atoms with E-state index in [2.05, 4.69) is 4.90 Å². The zero-order valence-electron chi connectivity index (χ0n) is 11.1. The van der Waals surface area contributed by atoms with Crippen LogP contribution in [-0.2, 0) is 4.74 Å². The van der Waals surface area contributed by atoms with Crippen LogP contribution in [0.3, 0.4) is 0 Å². The van der Waals surface area contributed by atoms with Crippen molar-refractivity contribution in [1.82, 2.24) is 0 Å². The Balaban J connectivity index is 2.15. The van der Waals surface area contributed by atoms with Crippen LogP contribution in [0.15, 0.2) is 18.2 Å². The van der Waals surface area contributed by atoms with Gasteiger partial charge in [-0.2, -0.15) is 0 Å². The maximum absolute atomic E-state index is 13.8. The molecule has 0 atom stereocenters. The second-order valence-electron chi connectivity index (χ2n) is 4.88. The number of benzene rings is 1. The van der Waals surface area contributed by atoms with Crippen molar-refractivity contribution in [1.29, 1.82) is 0 Å². The fraction of sp³-hybridized carbons (Fsp3) is 0.500. The van der Waals surface area contributed by atoms with Gasteiger partial charge in [-0.05, 0) is 30.9 Å². The first kappa shape index (κ1) is 14.2. The quantitative estimate of drug-likeness (QED) is 0.860. The molecule has 0 bridgehead atoms. The third-order valence-corrected chi connectivity index (χ3v) is 3.80. The van der Waals surface area contributed by atoms with Gasteiger partial charge in [-0.25, -0.2) is 4.39 Å². The highest BCUT2D eigenvalue weighted by Crippen LogP contribution is 2.28. The maximum atomic E-state index is 13.8. The van der Waals surface area contributed by atoms with Crippen molar-refractivity contribution in [3.63, 3.8) is 0 Å². The van der Waals surface area contributed by atoms with Gasteiger partial charge in [0.1, 0.15) is 10.8 Å². The van der Waals surface area contributed by atoms with Crippen LogP contribution in [0.1, 0.15) is 18.4 Å². The Bertz CT molecular complexity index is 459. The fourth-order valence-electron chi connectivity index (χ4n) is 2.60. The number of nitrogens with two attached hydrogens (primary N) is 1. The Kier molecular flexibility index (Phi) is 4.71. The summed E-state index contributed by atoms with van der Waals surface area (Å²) in [7, 11) is 1.73. The van der Waals surface area contributed by atoms with E-state index < -0.39 is 0 Å². The molecule has 1 aliphatic rings. The van der Waals surface area contributed by atoms with Gasteiger partial charge in [-0.15, -0.1) is 0 Å². The van der Waals surface area contributed by atoms with Gasteiger partial charge in [-0.3, -0.25) is 0 Å². The molecule has 1 heterocycles. The molecule has 0 amide bonds. The molecule has 2 rings (SSSR count). The first-order chi connectivity index (χ1) is 9.13. The zero-order valence-corrected chi connectivity index (χ0v) is 11.9. The van der Waals surface area contributed by atoms with Gasteiger partial charge in [0.25, 0.3) is 0 Å². The standard InChI is InChI=1S/C14H19FN2OS/c1-18-9-10-5-7-17(8-6-10)12-4-2-3-11(15)13(12)14(16)19/h2-4,10H,5-9H2,1H3,(H2,16,19). The van der Waals surface area contributed by atoms with E-state index >= 15 is 0 Å².